The van der Waals surface area contributed by atoms with E-state index < -0.39 is 20.8 Å². The molecule has 0 aliphatic carbocycles. The first-order chi connectivity index (χ1) is 18.1. The fourth-order valence-corrected chi connectivity index (χ4v) is 4.81. The van der Waals surface area contributed by atoms with Crippen molar-refractivity contribution in [2.75, 3.05) is 0 Å². The van der Waals surface area contributed by atoms with Gasteiger partial charge in [-0.25, -0.2) is 0 Å². The SMILES string of the molecule is Cc1ccc(C)c2[cH-]c(-n3cccc3)cc12.[Cl][Zr+2][Cl].c1ccc2[cH-]c(-n3ccc4ccccc43)cc2c1. The number of aromatic nitrogens is 2. The summed E-state index contributed by atoms with van der Waals surface area (Å²) in [6.07, 6.45) is 6.30. The molecule has 5 heteroatoms. The van der Waals surface area contributed by atoms with Crippen LogP contribution in [-0.4, -0.2) is 9.13 Å². The van der Waals surface area contributed by atoms with E-state index in [2.05, 4.69) is 145 Å². The van der Waals surface area contributed by atoms with Crippen LogP contribution < -0.4 is 0 Å². The Balaban J connectivity index is 0.000000138. The minimum atomic E-state index is -0.826. The molecule has 2 nitrogen and oxygen atoms in total. The fraction of sp³-hybridized carbons (Fsp3) is 0.0625. The van der Waals surface area contributed by atoms with E-state index in [0.717, 1.165) is 0 Å². The minimum Gasteiger partial charge on any atom is -0.335 e. The van der Waals surface area contributed by atoms with Crippen molar-refractivity contribution in [1.82, 2.24) is 9.13 Å². The third kappa shape index (κ3) is 5.55. The van der Waals surface area contributed by atoms with Crippen LogP contribution in [0.15, 0.2) is 122 Å². The number of hydrogen-bond acceptors (Lipinski definition) is 0. The van der Waals surface area contributed by atoms with Gasteiger partial charge in [-0.15, -0.1) is 75.6 Å². The van der Waals surface area contributed by atoms with Crippen molar-refractivity contribution >= 4 is 49.5 Å². The van der Waals surface area contributed by atoms with Crippen molar-refractivity contribution in [3.63, 3.8) is 0 Å². The summed E-state index contributed by atoms with van der Waals surface area (Å²) in [6, 6.07) is 36.6. The zero-order valence-corrected chi connectivity index (χ0v) is 24.7. The van der Waals surface area contributed by atoms with Crippen molar-refractivity contribution in [3.05, 3.63) is 133 Å². The molecule has 0 N–H and O–H groups in total. The standard InChI is InChI=1S/C17H12N.C15H14N.2ClH.Zr/c1-2-7-15-12-16(11-14(15)6-1)18-10-9-13-5-3-4-8-17(13)18;1-11-5-6-12(2)15-10-13(9-14(11)15)16-7-3-4-8-16;;;/h1-12H;3-10H,1-2H3;2*1H;/q2*-1;;;+4/p-2. The summed E-state index contributed by atoms with van der Waals surface area (Å²) in [6.45, 7) is 4.34. The van der Waals surface area contributed by atoms with Crippen LogP contribution >= 0.6 is 17.0 Å². The molecule has 0 radical (unpaired) electrons. The van der Waals surface area contributed by atoms with E-state index >= 15 is 0 Å². The summed E-state index contributed by atoms with van der Waals surface area (Å²) in [4.78, 5) is 0. The zero-order valence-electron chi connectivity index (χ0n) is 20.7. The van der Waals surface area contributed by atoms with Crippen LogP contribution in [0.1, 0.15) is 11.1 Å². The third-order valence-corrected chi connectivity index (χ3v) is 6.69. The second-order valence-corrected chi connectivity index (χ2v) is 12.7. The molecular weight excluding hydrogens is 574 g/mol. The van der Waals surface area contributed by atoms with Gasteiger partial charge in [0.1, 0.15) is 0 Å². The van der Waals surface area contributed by atoms with Crippen molar-refractivity contribution in [1.29, 1.82) is 0 Å². The van der Waals surface area contributed by atoms with Crippen LogP contribution in [0, 0.1) is 13.8 Å². The van der Waals surface area contributed by atoms with E-state index in [1.165, 1.54) is 54.9 Å². The molecule has 0 saturated carbocycles. The molecule has 182 valence electrons. The first-order valence-electron chi connectivity index (χ1n) is 12.1. The molecule has 0 spiro atoms. The summed E-state index contributed by atoms with van der Waals surface area (Å²) in [7, 11) is 9.87. The van der Waals surface area contributed by atoms with E-state index in [0.29, 0.717) is 0 Å². The molecule has 5 aromatic carbocycles. The molecule has 0 aliphatic heterocycles. The maximum atomic E-state index is 4.93. The van der Waals surface area contributed by atoms with Crippen molar-refractivity contribution < 1.29 is 20.8 Å². The Morgan fingerprint density at radius 3 is 2.05 bits per heavy atom. The van der Waals surface area contributed by atoms with Gasteiger partial charge in [-0.1, -0.05) is 42.8 Å². The van der Waals surface area contributed by atoms with E-state index in [9.17, 15) is 0 Å². The van der Waals surface area contributed by atoms with Crippen LogP contribution in [0.25, 0.3) is 43.8 Å². The van der Waals surface area contributed by atoms with Crippen molar-refractivity contribution in [2.24, 2.45) is 0 Å². The van der Waals surface area contributed by atoms with Gasteiger partial charge in [-0.3, -0.25) is 0 Å². The average Bonchev–Trinajstić information content (AvgIpc) is 3.72. The van der Waals surface area contributed by atoms with Crippen molar-refractivity contribution in [3.8, 4) is 11.4 Å². The average molecular weight is 601 g/mol. The first kappa shape index (κ1) is 25.8. The molecule has 0 bridgehead atoms. The largest absolute Gasteiger partial charge is 0.335 e. The number of halogens is 2. The predicted octanol–water partition coefficient (Wildman–Crippen LogP) is 9.85. The first-order valence-corrected chi connectivity index (χ1v) is 18.4. The van der Waals surface area contributed by atoms with Gasteiger partial charge in [0, 0.05) is 18.6 Å². The Labute approximate surface area is 236 Å². The third-order valence-electron chi connectivity index (χ3n) is 6.69. The van der Waals surface area contributed by atoms with Gasteiger partial charge >= 0.3 is 37.9 Å². The van der Waals surface area contributed by atoms with Gasteiger partial charge in [-0.2, -0.15) is 0 Å². The molecule has 0 saturated heterocycles. The van der Waals surface area contributed by atoms with Crippen molar-refractivity contribution in [2.45, 2.75) is 13.8 Å². The zero-order chi connectivity index (χ0) is 25.8. The second-order valence-electron chi connectivity index (χ2n) is 8.99. The normalized spacial score (nSPS) is 10.6. The van der Waals surface area contributed by atoms with E-state index in [4.69, 9.17) is 17.0 Å². The quantitative estimate of drug-likeness (QED) is 0.175. The summed E-state index contributed by atoms with van der Waals surface area (Å²) < 4.78 is 4.40. The smallest absolute Gasteiger partial charge is 0.0511 e. The van der Waals surface area contributed by atoms with Gasteiger partial charge in [-0.05, 0) is 48.0 Å². The Hall–Kier alpha value is -2.84. The Morgan fingerprint density at radius 1 is 0.649 bits per heavy atom. The molecule has 0 unspecified atom stereocenters. The topological polar surface area (TPSA) is 9.86 Å². The van der Waals surface area contributed by atoms with Crippen LogP contribution in [0.5, 0.6) is 0 Å². The number of para-hydroxylation sites is 1. The molecule has 0 aliphatic rings. The van der Waals surface area contributed by atoms with Crippen LogP contribution in [0.2, 0.25) is 0 Å². The monoisotopic (exact) mass is 598 g/mol. The molecule has 0 atom stereocenters. The maximum Gasteiger partial charge on any atom is 0.0511 e. The molecule has 2 aromatic heterocycles. The van der Waals surface area contributed by atoms with Crippen LogP contribution in [-0.2, 0) is 20.8 Å². The summed E-state index contributed by atoms with van der Waals surface area (Å²) in [5, 5.41) is 6.60. The molecule has 37 heavy (non-hydrogen) atoms. The fourth-order valence-electron chi connectivity index (χ4n) is 4.81. The van der Waals surface area contributed by atoms with E-state index in [1.54, 1.807) is 0 Å². The Bertz CT molecular complexity index is 1680. The molecule has 0 amide bonds. The predicted molar refractivity (Wildman–Crippen MR) is 156 cm³/mol. The molecule has 2 heterocycles. The second kappa shape index (κ2) is 11.7. The minimum absolute atomic E-state index is 0.826. The van der Waals surface area contributed by atoms with E-state index in [-0.39, 0.29) is 0 Å². The Morgan fingerprint density at radius 2 is 1.32 bits per heavy atom. The number of fused-ring (bicyclic) bond motifs is 3. The number of aryl methyl sites for hydroxylation is 2. The molecule has 0 fully saturated rings. The maximum absolute atomic E-state index is 4.93. The van der Waals surface area contributed by atoms with Gasteiger partial charge in [0.05, 0.1) is 5.52 Å². The van der Waals surface area contributed by atoms with E-state index in [1.807, 2.05) is 0 Å². The van der Waals surface area contributed by atoms with Gasteiger partial charge < -0.3 is 9.13 Å². The number of nitrogens with zero attached hydrogens (tertiary/aromatic N) is 2. The summed E-state index contributed by atoms with van der Waals surface area (Å²) >= 11 is -0.826. The number of benzene rings is 3. The van der Waals surface area contributed by atoms with Crippen LogP contribution in [0.4, 0.5) is 0 Å². The van der Waals surface area contributed by atoms with Gasteiger partial charge in [0.2, 0.25) is 0 Å². The Kier molecular flexibility index (Phi) is 8.15. The summed E-state index contributed by atoms with van der Waals surface area (Å²) in [5.74, 6) is 0. The number of hydrogen-bond donors (Lipinski definition) is 0. The number of rotatable bonds is 2. The van der Waals surface area contributed by atoms with Gasteiger partial charge in [0.15, 0.2) is 0 Å². The molecule has 7 aromatic rings. The molecular formula is C32H26Cl2N2Zr. The van der Waals surface area contributed by atoms with Gasteiger partial charge in [0.25, 0.3) is 0 Å². The molecule has 7 rings (SSSR count). The van der Waals surface area contributed by atoms with Crippen LogP contribution in [0.3, 0.4) is 0 Å². The summed E-state index contributed by atoms with van der Waals surface area (Å²) in [5.41, 5.74) is 6.43.